The summed E-state index contributed by atoms with van der Waals surface area (Å²) in [7, 11) is 1.35. The summed E-state index contributed by atoms with van der Waals surface area (Å²) < 4.78 is 4.69. The second-order valence-electron chi connectivity index (χ2n) is 3.61. The predicted molar refractivity (Wildman–Crippen MR) is 56.2 cm³/mol. The average molecular weight is 211 g/mol. The Kier molecular flexibility index (Phi) is 4.34. The Morgan fingerprint density at radius 2 is 2.27 bits per heavy atom. The summed E-state index contributed by atoms with van der Waals surface area (Å²) in [6.45, 7) is 4.17. The third-order valence-corrected chi connectivity index (χ3v) is 2.62. The molecule has 0 unspecified atom stereocenters. The molecule has 0 saturated carbocycles. The molecule has 0 aromatic rings. The topological polar surface area (TPSA) is 46.6 Å². The molecule has 0 spiro atoms. The molecular weight excluding hydrogens is 194 g/mol. The van der Waals surface area contributed by atoms with Crippen LogP contribution < -0.4 is 0 Å². The summed E-state index contributed by atoms with van der Waals surface area (Å²) in [4.78, 5) is 24.7. The van der Waals surface area contributed by atoms with Gasteiger partial charge in [0.15, 0.2) is 0 Å². The van der Waals surface area contributed by atoms with Gasteiger partial charge in [0.25, 0.3) is 0 Å². The number of likely N-dealkylation sites (tertiary alicyclic amines) is 1. The average Bonchev–Trinajstić information content (AvgIpc) is 2.28. The fourth-order valence-electron chi connectivity index (χ4n) is 1.85. The van der Waals surface area contributed by atoms with Crippen molar-refractivity contribution in [1.82, 2.24) is 4.90 Å². The lowest BCUT2D eigenvalue weighted by Crippen LogP contribution is -2.48. The Morgan fingerprint density at radius 3 is 2.87 bits per heavy atom. The monoisotopic (exact) mass is 211 g/mol. The molecule has 0 aromatic carbocycles. The lowest BCUT2D eigenvalue weighted by atomic mass is 10.0. The number of carbonyl (C=O) groups excluding carboxylic acids is 2. The van der Waals surface area contributed by atoms with Crippen molar-refractivity contribution in [3.8, 4) is 0 Å². The predicted octanol–water partition coefficient (Wildman–Crippen LogP) is 1.12. The second-order valence-corrected chi connectivity index (χ2v) is 3.61. The van der Waals surface area contributed by atoms with Crippen LogP contribution in [0.2, 0.25) is 0 Å². The van der Waals surface area contributed by atoms with E-state index in [4.69, 9.17) is 0 Å². The van der Waals surface area contributed by atoms with Gasteiger partial charge >= 0.3 is 5.97 Å². The van der Waals surface area contributed by atoms with E-state index in [2.05, 4.69) is 11.3 Å². The van der Waals surface area contributed by atoms with Gasteiger partial charge in [-0.25, -0.2) is 4.79 Å². The lowest BCUT2D eigenvalue weighted by Gasteiger charge is -2.33. The van der Waals surface area contributed by atoms with E-state index < -0.39 is 6.04 Å². The minimum absolute atomic E-state index is 0.0416. The van der Waals surface area contributed by atoms with Gasteiger partial charge in [-0.3, -0.25) is 4.79 Å². The largest absolute Gasteiger partial charge is 0.467 e. The van der Waals surface area contributed by atoms with Crippen LogP contribution in [-0.2, 0) is 14.3 Å². The number of hydrogen-bond acceptors (Lipinski definition) is 3. The molecular formula is C11H17NO3. The van der Waals surface area contributed by atoms with Crippen LogP contribution in [0.3, 0.4) is 0 Å². The Morgan fingerprint density at radius 1 is 1.53 bits per heavy atom. The van der Waals surface area contributed by atoms with Gasteiger partial charge in [0.2, 0.25) is 5.91 Å². The SMILES string of the molecule is C=CCC(=O)N1CCCC[C@@H]1C(=O)OC. The Bertz CT molecular complexity index is 263. The fraction of sp³-hybridized carbons (Fsp3) is 0.636. The molecule has 0 radical (unpaired) electrons. The Balaban J connectivity index is 2.68. The van der Waals surface area contributed by atoms with Crippen molar-refractivity contribution >= 4 is 11.9 Å². The molecule has 15 heavy (non-hydrogen) atoms. The first-order valence-corrected chi connectivity index (χ1v) is 5.19. The van der Waals surface area contributed by atoms with Crippen molar-refractivity contribution < 1.29 is 14.3 Å². The normalized spacial score (nSPS) is 20.9. The van der Waals surface area contributed by atoms with Gasteiger partial charge in [0, 0.05) is 13.0 Å². The van der Waals surface area contributed by atoms with Crippen molar-refractivity contribution in [2.24, 2.45) is 0 Å². The molecule has 0 aromatic heterocycles. The van der Waals surface area contributed by atoms with Crippen LogP contribution in [-0.4, -0.2) is 36.5 Å². The molecule has 1 aliphatic heterocycles. The number of piperidine rings is 1. The summed E-state index contributed by atoms with van der Waals surface area (Å²) in [5, 5.41) is 0. The summed E-state index contributed by atoms with van der Waals surface area (Å²) in [5.41, 5.74) is 0. The summed E-state index contributed by atoms with van der Waals surface area (Å²) in [6, 6.07) is -0.392. The van der Waals surface area contributed by atoms with Crippen LogP contribution in [0.15, 0.2) is 12.7 Å². The number of methoxy groups -OCH3 is 1. The first-order chi connectivity index (χ1) is 7.20. The van der Waals surface area contributed by atoms with Gasteiger partial charge in [-0.1, -0.05) is 6.08 Å². The molecule has 1 amide bonds. The molecule has 1 fully saturated rings. The van der Waals surface area contributed by atoms with E-state index >= 15 is 0 Å². The standard InChI is InChI=1S/C11H17NO3/c1-3-6-10(13)12-8-5-4-7-9(12)11(14)15-2/h3,9H,1,4-8H2,2H3/t9-/m1/s1. The van der Waals surface area contributed by atoms with Gasteiger partial charge < -0.3 is 9.64 Å². The Labute approximate surface area is 89.9 Å². The fourth-order valence-corrected chi connectivity index (χ4v) is 1.85. The number of rotatable bonds is 3. The van der Waals surface area contributed by atoms with E-state index in [0.717, 1.165) is 12.8 Å². The van der Waals surface area contributed by atoms with Crippen LogP contribution in [0.4, 0.5) is 0 Å². The second kappa shape index (κ2) is 5.53. The van der Waals surface area contributed by atoms with Gasteiger partial charge in [-0.05, 0) is 19.3 Å². The minimum atomic E-state index is -0.392. The maximum atomic E-state index is 11.7. The summed E-state index contributed by atoms with van der Waals surface area (Å²) in [6.07, 6.45) is 4.47. The molecule has 1 atom stereocenters. The minimum Gasteiger partial charge on any atom is -0.467 e. The van der Waals surface area contributed by atoms with Crippen LogP contribution in [0.5, 0.6) is 0 Å². The number of ether oxygens (including phenoxy) is 1. The van der Waals surface area contributed by atoms with Gasteiger partial charge in [-0.2, -0.15) is 0 Å². The Hall–Kier alpha value is -1.32. The third-order valence-electron chi connectivity index (χ3n) is 2.62. The van der Waals surface area contributed by atoms with E-state index in [1.165, 1.54) is 7.11 Å². The molecule has 0 N–H and O–H groups in total. The van der Waals surface area contributed by atoms with E-state index in [1.54, 1.807) is 11.0 Å². The molecule has 84 valence electrons. The number of nitrogens with zero attached hydrogens (tertiary/aromatic N) is 1. The van der Waals surface area contributed by atoms with Crippen molar-refractivity contribution in [3.05, 3.63) is 12.7 Å². The molecule has 1 saturated heterocycles. The maximum Gasteiger partial charge on any atom is 0.328 e. The smallest absolute Gasteiger partial charge is 0.328 e. The van der Waals surface area contributed by atoms with Crippen molar-refractivity contribution in [3.63, 3.8) is 0 Å². The van der Waals surface area contributed by atoms with E-state index in [0.29, 0.717) is 13.0 Å². The van der Waals surface area contributed by atoms with E-state index in [9.17, 15) is 9.59 Å². The molecule has 0 bridgehead atoms. The highest BCUT2D eigenvalue weighted by Gasteiger charge is 2.31. The van der Waals surface area contributed by atoms with Crippen molar-refractivity contribution in [2.45, 2.75) is 31.7 Å². The molecule has 0 aliphatic carbocycles. The highest BCUT2D eigenvalue weighted by Crippen LogP contribution is 2.18. The lowest BCUT2D eigenvalue weighted by molar-refractivity contribution is -0.154. The van der Waals surface area contributed by atoms with Crippen LogP contribution >= 0.6 is 0 Å². The first-order valence-electron chi connectivity index (χ1n) is 5.19. The molecule has 4 heteroatoms. The van der Waals surface area contributed by atoms with E-state index in [1.807, 2.05) is 0 Å². The summed E-state index contributed by atoms with van der Waals surface area (Å²) >= 11 is 0. The van der Waals surface area contributed by atoms with Crippen LogP contribution in [0.1, 0.15) is 25.7 Å². The highest BCUT2D eigenvalue weighted by atomic mass is 16.5. The zero-order valence-electron chi connectivity index (χ0n) is 9.07. The molecule has 1 rings (SSSR count). The van der Waals surface area contributed by atoms with Crippen molar-refractivity contribution in [2.75, 3.05) is 13.7 Å². The number of amides is 1. The summed E-state index contributed by atoms with van der Waals surface area (Å²) in [5.74, 6) is -0.354. The zero-order chi connectivity index (χ0) is 11.3. The quantitative estimate of drug-likeness (QED) is 0.519. The van der Waals surface area contributed by atoms with Crippen LogP contribution in [0.25, 0.3) is 0 Å². The van der Waals surface area contributed by atoms with Gasteiger partial charge in [0.1, 0.15) is 6.04 Å². The number of esters is 1. The molecule has 1 heterocycles. The van der Waals surface area contributed by atoms with Crippen LogP contribution in [0, 0.1) is 0 Å². The third kappa shape index (κ3) is 2.81. The number of hydrogen-bond donors (Lipinski definition) is 0. The van der Waals surface area contributed by atoms with E-state index in [-0.39, 0.29) is 18.3 Å². The molecule has 1 aliphatic rings. The van der Waals surface area contributed by atoms with Gasteiger partial charge in [-0.15, -0.1) is 6.58 Å². The highest BCUT2D eigenvalue weighted by molar-refractivity contribution is 5.85. The molecule has 4 nitrogen and oxygen atoms in total. The number of carbonyl (C=O) groups is 2. The van der Waals surface area contributed by atoms with Gasteiger partial charge in [0.05, 0.1) is 7.11 Å². The maximum absolute atomic E-state index is 11.7. The van der Waals surface area contributed by atoms with Crippen molar-refractivity contribution in [1.29, 1.82) is 0 Å². The zero-order valence-corrected chi connectivity index (χ0v) is 9.07. The first kappa shape index (κ1) is 11.8.